The number of fused-ring (bicyclic) bond motifs is 5. The van der Waals surface area contributed by atoms with Crippen molar-refractivity contribution in [1.82, 2.24) is 0 Å². The molecule has 8 atom stereocenters. The second-order valence-corrected chi connectivity index (χ2v) is 15.1. The highest BCUT2D eigenvalue weighted by Crippen LogP contribution is 2.67. The van der Waals surface area contributed by atoms with Crippen molar-refractivity contribution >= 4 is 17.3 Å². The van der Waals surface area contributed by atoms with Gasteiger partial charge in [0.2, 0.25) is 0 Å². The maximum absolute atomic E-state index is 12.8. The molecule has 0 saturated heterocycles. The molecule has 0 bridgehead atoms. The number of allylic oxidation sites excluding steroid dienone is 1. The molecule has 4 N–H and O–H groups in total. The Hall–Kier alpha value is -1.97. The van der Waals surface area contributed by atoms with Crippen LogP contribution in [0.25, 0.3) is 0 Å². The highest BCUT2D eigenvalue weighted by atomic mass is 16.5. The molecule has 0 amide bonds. The average Bonchev–Trinajstić information content (AvgIpc) is 3.25. The lowest BCUT2D eigenvalue weighted by molar-refractivity contribution is -0.151. The third-order valence-electron chi connectivity index (χ3n) is 12.3. The van der Waals surface area contributed by atoms with Crippen molar-refractivity contribution in [2.45, 2.75) is 124 Å². The number of nitrogens with two attached hydrogens (primary N) is 2. The SMILES string of the molecule is CC(C)CCCC(C)C1CCC2C3CC=C4CC(OC(=O)CCc5ccc(N)cc5N)CCC4(C)C3CCC12C. The molecule has 8 unspecified atom stereocenters. The van der Waals surface area contributed by atoms with E-state index in [4.69, 9.17) is 16.2 Å². The normalized spacial score (nSPS) is 35.9. The molecule has 3 saturated carbocycles. The number of aryl methyl sites for hydroxylation is 1. The number of carbonyl (C=O) groups excluding carboxylic acids is 1. The fourth-order valence-electron chi connectivity index (χ4n) is 10.1. The molecule has 3 fully saturated rings. The van der Waals surface area contributed by atoms with Crippen molar-refractivity contribution in [3.8, 4) is 0 Å². The van der Waals surface area contributed by atoms with E-state index in [-0.39, 0.29) is 17.5 Å². The van der Waals surface area contributed by atoms with Crippen LogP contribution in [-0.4, -0.2) is 12.1 Å². The second kappa shape index (κ2) is 11.7. The molecule has 4 aliphatic rings. The van der Waals surface area contributed by atoms with Crippen molar-refractivity contribution in [2.24, 2.45) is 46.3 Å². The topological polar surface area (TPSA) is 78.3 Å². The van der Waals surface area contributed by atoms with E-state index in [1.165, 1.54) is 51.4 Å². The van der Waals surface area contributed by atoms with Gasteiger partial charge in [-0.05, 0) is 115 Å². The molecule has 1 aromatic carbocycles. The minimum atomic E-state index is -0.105. The molecule has 0 aromatic heterocycles. The maximum Gasteiger partial charge on any atom is 0.306 e. The fourth-order valence-corrected chi connectivity index (χ4v) is 10.1. The van der Waals surface area contributed by atoms with E-state index in [1.807, 2.05) is 12.1 Å². The van der Waals surface area contributed by atoms with Gasteiger partial charge in [0.15, 0.2) is 0 Å². The lowest BCUT2D eigenvalue weighted by Gasteiger charge is -2.58. The predicted molar refractivity (Wildman–Crippen MR) is 167 cm³/mol. The smallest absolute Gasteiger partial charge is 0.306 e. The minimum absolute atomic E-state index is 0.0172. The summed E-state index contributed by atoms with van der Waals surface area (Å²) in [5, 5.41) is 0. The van der Waals surface area contributed by atoms with Crippen molar-refractivity contribution in [2.75, 3.05) is 11.5 Å². The van der Waals surface area contributed by atoms with Gasteiger partial charge in [0.05, 0.1) is 0 Å². The molecule has 222 valence electrons. The summed E-state index contributed by atoms with van der Waals surface area (Å²) < 4.78 is 6.03. The molecule has 40 heavy (non-hydrogen) atoms. The average molecular weight is 549 g/mol. The highest BCUT2D eigenvalue weighted by molar-refractivity contribution is 5.70. The molecular formula is C36H56N2O2. The standard InChI is InChI=1S/C36H56N2O2/c1-23(2)7-6-8-24(3)30-14-15-31-29-13-11-26-21-28(17-19-35(26,4)32(29)18-20-36(30,31)5)40-34(39)16-10-25-9-12-27(37)22-33(25)38/h9,11-12,22-24,28-32H,6-8,10,13-21,37-38H2,1-5H3. The van der Waals surface area contributed by atoms with Gasteiger partial charge < -0.3 is 16.2 Å². The van der Waals surface area contributed by atoms with Crippen LogP contribution in [0.1, 0.15) is 117 Å². The summed E-state index contributed by atoms with van der Waals surface area (Å²) >= 11 is 0. The van der Waals surface area contributed by atoms with Gasteiger partial charge in [-0.3, -0.25) is 4.79 Å². The summed E-state index contributed by atoms with van der Waals surface area (Å²) in [6.45, 7) is 12.5. The summed E-state index contributed by atoms with van der Waals surface area (Å²) in [5.74, 6) is 5.00. The lowest BCUT2D eigenvalue weighted by atomic mass is 9.47. The van der Waals surface area contributed by atoms with E-state index in [2.05, 4.69) is 40.7 Å². The van der Waals surface area contributed by atoms with Crippen LogP contribution in [0.5, 0.6) is 0 Å². The number of ether oxygens (including phenoxy) is 1. The van der Waals surface area contributed by atoms with E-state index < -0.39 is 0 Å². The van der Waals surface area contributed by atoms with Gasteiger partial charge in [-0.2, -0.15) is 0 Å². The van der Waals surface area contributed by atoms with Gasteiger partial charge in [0.1, 0.15) is 6.10 Å². The van der Waals surface area contributed by atoms with Gasteiger partial charge in [0.25, 0.3) is 0 Å². The molecule has 0 radical (unpaired) electrons. The second-order valence-electron chi connectivity index (χ2n) is 15.1. The van der Waals surface area contributed by atoms with Gasteiger partial charge >= 0.3 is 5.97 Å². The fraction of sp³-hybridized carbons (Fsp3) is 0.750. The van der Waals surface area contributed by atoms with Crippen LogP contribution in [0.4, 0.5) is 11.4 Å². The van der Waals surface area contributed by atoms with Crippen LogP contribution in [-0.2, 0) is 16.0 Å². The monoisotopic (exact) mass is 548 g/mol. The van der Waals surface area contributed by atoms with Crippen LogP contribution in [0, 0.1) is 46.3 Å². The first-order chi connectivity index (χ1) is 19.0. The lowest BCUT2D eigenvalue weighted by Crippen LogP contribution is -2.51. The number of anilines is 2. The molecule has 4 heteroatoms. The van der Waals surface area contributed by atoms with E-state index in [0.29, 0.717) is 29.6 Å². The van der Waals surface area contributed by atoms with Crippen molar-refractivity contribution < 1.29 is 9.53 Å². The summed E-state index contributed by atoms with van der Waals surface area (Å²) in [7, 11) is 0. The molecule has 0 heterocycles. The Morgan fingerprint density at radius 1 is 1.02 bits per heavy atom. The third-order valence-corrected chi connectivity index (χ3v) is 12.3. The Kier molecular flexibility index (Phi) is 8.65. The predicted octanol–water partition coefficient (Wildman–Crippen LogP) is 8.74. The third kappa shape index (κ3) is 5.71. The zero-order valence-electron chi connectivity index (χ0n) is 26.0. The maximum atomic E-state index is 12.8. The van der Waals surface area contributed by atoms with E-state index >= 15 is 0 Å². The summed E-state index contributed by atoms with van der Waals surface area (Å²) in [5.41, 5.74) is 16.6. The Labute approximate surface area is 244 Å². The van der Waals surface area contributed by atoms with Gasteiger partial charge in [-0.15, -0.1) is 0 Å². The molecule has 4 nitrogen and oxygen atoms in total. The van der Waals surface area contributed by atoms with Crippen molar-refractivity contribution in [3.63, 3.8) is 0 Å². The number of esters is 1. The largest absolute Gasteiger partial charge is 0.462 e. The number of rotatable bonds is 9. The van der Waals surface area contributed by atoms with Crippen LogP contribution in [0.2, 0.25) is 0 Å². The summed E-state index contributed by atoms with van der Waals surface area (Å²) in [4.78, 5) is 12.8. The number of nitrogen functional groups attached to an aromatic ring is 2. The van der Waals surface area contributed by atoms with Crippen molar-refractivity contribution in [3.05, 3.63) is 35.4 Å². The first-order valence-corrected chi connectivity index (χ1v) is 16.5. The number of hydrogen-bond donors (Lipinski definition) is 2. The number of benzene rings is 1. The molecule has 4 aliphatic carbocycles. The van der Waals surface area contributed by atoms with Crippen LogP contribution in [0.3, 0.4) is 0 Å². The van der Waals surface area contributed by atoms with Gasteiger partial charge in [0, 0.05) is 24.2 Å². The minimum Gasteiger partial charge on any atom is -0.462 e. The molecule has 1 aromatic rings. The molecule has 5 rings (SSSR count). The summed E-state index contributed by atoms with van der Waals surface area (Å²) in [6, 6.07) is 5.53. The first-order valence-electron chi connectivity index (χ1n) is 16.5. The van der Waals surface area contributed by atoms with Gasteiger partial charge in [-0.1, -0.05) is 71.6 Å². The Bertz CT molecular complexity index is 1090. The Morgan fingerprint density at radius 3 is 2.58 bits per heavy atom. The zero-order valence-corrected chi connectivity index (χ0v) is 26.0. The van der Waals surface area contributed by atoms with E-state index in [9.17, 15) is 4.79 Å². The highest BCUT2D eigenvalue weighted by Gasteiger charge is 2.59. The zero-order chi connectivity index (χ0) is 28.7. The van der Waals surface area contributed by atoms with Crippen LogP contribution < -0.4 is 11.5 Å². The van der Waals surface area contributed by atoms with Crippen LogP contribution in [0.15, 0.2) is 29.8 Å². The molecule has 0 aliphatic heterocycles. The first kappa shape index (κ1) is 29.5. The van der Waals surface area contributed by atoms with Crippen LogP contribution >= 0.6 is 0 Å². The quantitative estimate of drug-likeness (QED) is 0.184. The number of hydrogen-bond acceptors (Lipinski definition) is 4. The van der Waals surface area contributed by atoms with Crippen molar-refractivity contribution in [1.29, 1.82) is 0 Å². The molecule has 0 spiro atoms. The summed E-state index contributed by atoms with van der Waals surface area (Å²) in [6.07, 6.45) is 17.7. The van der Waals surface area contributed by atoms with E-state index in [0.717, 1.165) is 60.3 Å². The Morgan fingerprint density at radius 2 is 1.82 bits per heavy atom. The number of carbonyl (C=O) groups is 1. The Balaban J connectivity index is 1.19. The molecular weight excluding hydrogens is 492 g/mol. The van der Waals surface area contributed by atoms with E-state index in [1.54, 1.807) is 11.6 Å². The van der Waals surface area contributed by atoms with Gasteiger partial charge in [-0.25, -0.2) is 0 Å².